The van der Waals surface area contributed by atoms with Crippen LogP contribution in [0.25, 0.3) is 0 Å². The molecule has 0 aliphatic carbocycles. The van der Waals surface area contributed by atoms with E-state index in [-0.39, 0.29) is 0 Å². The molecule has 9 heterocycles. The second kappa shape index (κ2) is 66.6. The Hall–Kier alpha value is -7.47. The fourth-order valence-electron chi connectivity index (χ4n) is 3.84. The number of pyridine rings is 3. The maximum Gasteiger partial charge on any atom is 0.177 e. The molecular formula is C61H107N16OS+3. The first-order chi connectivity index (χ1) is 38.1. The molecule has 0 amide bonds. The minimum absolute atomic E-state index is 0.822. The third-order valence-electron chi connectivity index (χ3n) is 7.95. The van der Waals surface area contributed by atoms with Gasteiger partial charge in [-0.2, -0.15) is 13.8 Å². The highest BCUT2D eigenvalue weighted by atomic mass is 32.1. The van der Waals surface area contributed by atoms with Crippen LogP contribution in [0.2, 0.25) is 0 Å². The number of rotatable bonds is 0. The molecule has 0 aliphatic heterocycles. The molecule has 18 heteroatoms. The van der Waals surface area contributed by atoms with Gasteiger partial charge in [0.1, 0.15) is 63.7 Å². The van der Waals surface area contributed by atoms with Crippen LogP contribution in [0.15, 0.2) is 147 Å². The molecule has 0 aliphatic rings. The summed E-state index contributed by atoms with van der Waals surface area (Å²) in [7, 11) is 7.90. The monoisotopic (exact) mass is 1110 g/mol. The molecule has 0 fully saturated rings. The van der Waals surface area contributed by atoms with Crippen LogP contribution >= 0.6 is 11.7 Å². The number of aromatic nitrogens is 16. The largest absolute Gasteiger partial charge is 0.256 e. The van der Waals surface area contributed by atoms with Gasteiger partial charge in [0, 0.05) is 86.5 Å². The lowest BCUT2D eigenvalue weighted by atomic mass is 10.3. The summed E-state index contributed by atoms with van der Waals surface area (Å²) in [5, 5.41) is 10.8. The van der Waals surface area contributed by atoms with Crippen LogP contribution in [-0.2, 0) is 28.2 Å². The molecule has 9 aromatic rings. The Bertz CT molecular complexity index is 2270. The van der Waals surface area contributed by atoms with Gasteiger partial charge < -0.3 is 0 Å². The Kier molecular flexibility index (Phi) is 72.1. The molecule has 0 spiro atoms. The Balaban J connectivity index is -0.000000144. The fourth-order valence-corrected chi connectivity index (χ4v) is 4.39. The molecule has 0 unspecified atom stereocenters. The van der Waals surface area contributed by atoms with E-state index in [1.807, 2.05) is 232 Å². The summed E-state index contributed by atoms with van der Waals surface area (Å²) in [6, 6.07) is 18.1. The van der Waals surface area contributed by atoms with E-state index in [4.69, 9.17) is 0 Å². The van der Waals surface area contributed by atoms with Crippen molar-refractivity contribution in [3.8, 4) is 0 Å². The van der Waals surface area contributed by atoms with Gasteiger partial charge in [0.15, 0.2) is 36.7 Å². The van der Waals surface area contributed by atoms with Crippen molar-refractivity contribution in [2.24, 2.45) is 28.2 Å². The first kappa shape index (κ1) is 85.5. The molecule has 0 saturated carbocycles. The first-order valence-corrected chi connectivity index (χ1v) is 28.0. The SMILES string of the molecule is CC.CC.CC.CC.CC.CC.CC.Cc1cc[n+](C)cc1.Cc1ccc[n+](C)c1.Cc1cccc[n+]1C.Cc1ccncn1.Cc1cncnc1.Cc1ncccn1.Cc1nonc1C.Cc1nsnc1C.Cn1cncn1. The lowest BCUT2D eigenvalue weighted by Gasteiger charge is -1.87. The van der Waals surface area contributed by atoms with Crippen molar-refractivity contribution < 1.29 is 18.3 Å². The quantitative estimate of drug-likeness (QED) is 0.131. The fraction of sp³-hybridized carbons (Fsp3) is 0.459. The minimum atomic E-state index is 0.822. The minimum Gasteiger partial charge on any atom is -0.256 e. The average Bonchev–Trinajstić information content (AvgIpc) is 4.24. The van der Waals surface area contributed by atoms with E-state index in [9.17, 15) is 0 Å². The number of nitrogens with zero attached hydrogens (tertiary/aromatic N) is 16. The molecule has 0 N–H and O–H groups in total. The Morgan fingerprint density at radius 2 is 0.962 bits per heavy atom. The van der Waals surface area contributed by atoms with Crippen molar-refractivity contribution >= 4 is 11.7 Å². The van der Waals surface area contributed by atoms with Crippen LogP contribution in [0.3, 0.4) is 0 Å². The van der Waals surface area contributed by atoms with E-state index in [0.717, 1.165) is 39.9 Å². The molecular weight excluding hydrogens is 1000 g/mol. The lowest BCUT2D eigenvalue weighted by molar-refractivity contribution is -0.677. The van der Waals surface area contributed by atoms with Gasteiger partial charge in [-0.15, -0.1) is 0 Å². The van der Waals surface area contributed by atoms with Gasteiger partial charge in [0.2, 0.25) is 0 Å². The Labute approximate surface area is 484 Å². The van der Waals surface area contributed by atoms with Gasteiger partial charge in [-0.05, 0) is 91.6 Å². The topological polar surface area (TPSA) is 184 Å². The van der Waals surface area contributed by atoms with Crippen LogP contribution in [0.5, 0.6) is 0 Å². The molecule has 0 aromatic carbocycles. The Morgan fingerprint density at radius 1 is 0.443 bits per heavy atom. The highest BCUT2D eigenvalue weighted by Gasteiger charge is 1.94. The van der Waals surface area contributed by atoms with E-state index in [1.54, 1.807) is 48.1 Å². The van der Waals surface area contributed by atoms with Crippen molar-refractivity contribution in [3.63, 3.8) is 0 Å². The molecule has 0 radical (unpaired) electrons. The van der Waals surface area contributed by atoms with E-state index in [1.165, 1.54) is 47.5 Å². The first-order valence-electron chi connectivity index (χ1n) is 27.3. The Morgan fingerprint density at radius 3 is 1.19 bits per heavy atom. The zero-order valence-corrected chi connectivity index (χ0v) is 55.1. The van der Waals surface area contributed by atoms with E-state index < -0.39 is 0 Å². The van der Waals surface area contributed by atoms with E-state index >= 15 is 0 Å². The van der Waals surface area contributed by atoms with Crippen LogP contribution in [0.1, 0.15) is 154 Å². The molecule has 9 aromatic heterocycles. The molecule has 0 bridgehead atoms. The molecule has 9 rings (SSSR count). The summed E-state index contributed by atoms with van der Waals surface area (Å²) < 4.78 is 20.0. The summed E-state index contributed by atoms with van der Waals surface area (Å²) in [5.74, 6) is 0.822. The van der Waals surface area contributed by atoms with Crippen molar-refractivity contribution in [2.75, 3.05) is 0 Å². The molecule has 440 valence electrons. The molecule has 0 saturated heterocycles. The predicted molar refractivity (Wildman–Crippen MR) is 331 cm³/mol. The second-order valence-electron chi connectivity index (χ2n) is 14.0. The third-order valence-corrected chi connectivity index (χ3v) is 8.67. The highest BCUT2D eigenvalue weighted by Crippen LogP contribution is 1.99. The normalized spacial score (nSPS) is 8.00. The van der Waals surface area contributed by atoms with Gasteiger partial charge >= 0.3 is 0 Å². The number of hydrogen-bond acceptors (Lipinski definition) is 14. The summed E-state index contributed by atoms with van der Waals surface area (Å²) in [4.78, 5) is 26.6. The standard InChI is InChI=1S/3C7H10N.3C5H6N2.C4H6N2O.C4H6N2S.C3H5N3.7C2H6/c1-7-3-5-8(2)6-4-7;1-7-4-3-5-8(2)6-7;1-7-5-3-4-6-8(7)2;1-5-2-6-4-7-3-5;1-5-2-3-6-4-7-5;1-5-6-3-2-4-7-5;2*1-3-4(2)6-7-5-3;1-6-3-4-2-5-6;7*1-2/h3*3-6H,1-2H3;3*2-4H,1H3;2*1-2H3;2-3H,1H3;7*1-2H3/q3*+1;;;;;;;;;;;;;. The summed E-state index contributed by atoms with van der Waals surface area (Å²) in [6.07, 6.45) is 25.1. The van der Waals surface area contributed by atoms with Crippen molar-refractivity contribution in [2.45, 2.75) is 166 Å². The second-order valence-corrected chi connectivity index (χ2v) is 14.6. The number of hydrogen-bond donors (Lipinski definition) is 0. The van der Waals surface area contributed by atoms with Crippen LogP contribution in [-0.4, -0.2) is 63.7 Å². The maximum absolute atomic E-state index is 4.34. The van der Waals surface area contributed by atoms with Gasteiger partial charge in [0.05, 0.1) is 23.1 Å². The van der Waals surface area contributed by atoms with Crippen LogP contribution < -0.4 is 13.7 Å². The smallest absolute Gasteiger partial charge is 0.177 e. The third kappa shape index (κ3) is 59.6. The highest BCUT2D eigenvalue weighted by molar-refractivity contribution is 6.99. The van der Waals surface area contributed by atoms with Crippen LogP contribution in [0, 0.1) is 69.2 Å². The zero-order valence-electron chi connectivity index (χ0n) is 54.3. The summed E-state index contributed by atoms with van der Waals surface area (Å²) in [6.45, 7) is 47.6. The van der Waals surface area contributed by atoms with Gasteiger partial charge in [-0.1, -0.05) is 113 Å². The number of aryl methyl sites for hydroxylation is 14. The summed E-state index contributed by atoms with van der Waals surface area (Å²) >= 11 is 1.27. The van der Waals surface area contributed by atoms with Gasteiger partial charge in [0.25, 0.3) is 0 Å². The van der Waals surface area contributed by atoms with Gasteiger partial charge in [-0.25, -0.2) is 53.2 Å². The molecule has 0 atom stereocenters. The van der Waals surface area contributed by atoms with Crippen molar-refractivity contribution in [3.05, 3.63) is 199 Å². The average molecular weight is 1110 g/mol. The lowest BCUT2D eigenvalue weighted by Crippen LogP contribution is -2.30. The molecule has 79 heavy (non-hydrogen) atoms. The summed E-state index contributed by atoms with van der Waals surface area (Å²) in [5.41, 5.74) is 9.82. The van der Waals surface area contributed by atoms with E-state index in [0.29, 0.717) is 0 Å². The maximum atomic E-state index is 4.34. The zero-order chi connectivity index (χ0) is 62.2. The van der Waals surface area contributed by atoms with Crippen molar-refractivity contribution in [1.29, 1.82) is 0 Å². The van der Waals surface area contributed by atoms with Gasteiger partial charge in [-0.3, -0.25) is 4.68 Å². The van der Waals surface area contributed by atoms with Crippen LogP contribution in [0.4, 0.5) is 0 Å². The van der Waals surface area contributed by atoms with E-state index in [2.05, 4.69) is 119 Å². The van der Waals surface area contributed by atoms with Crippen molar-refractivity contribution in [1.82, 2.24) is 63.7 Å². The predicted octanol–water partition coefficient (Wildman–Crippen LogP) is 13.7. The molecule has 17 nitrogen and oxygen atoms in total.